The van der Waals surface area contributed by atoms with Crippen molar-refractivity contribution in [2.45, 2.75) is 19.6 Å². The maximum absolute atomic E-state index is 5.67. The van der Waals surface area contributed by atoms with Crippen LogP contribution >= 0.6 is 0 Å². The van der Waals surface area contributed by atoms with Gasteiger partial charge in [-0.05, 0) is 6.54 Å². The van der Waals surface area contributed by atoms with Gasteiger partial charge in [-0.1, -0.05) is 18.2 Å². The van der Waals surface area contributed by atoms with Gasteiger partial charge in [-0.25, -0.2) is 0 Å². The minimum Gasteiger partial charge on any atom is -0.367 e. The van der Waals surface area contributed by atoms with Crippen molar-refractivity contribution in [1.82, 2.24) is 20.4 Å². The van der Waals surface area contributed by atoms with Crippen LogP contribution in [0.4, 0.5) is 0 Å². The SMILES string of the molecule is C=CCNCc1nc(C2CN(CC)CCO2)no1. The summed E-state index contributed by atoms with van der Waals surface area (Å²) in [4.78, 5) is 6.67. The number of likely N-dealkylation sites (N-methyl/N-ethyl adjacent to an activating group) is 1. The van der Waals surface area contributed by atoms with Crippen molar-refractivity contribution < 1.29 is 9.26 Å². The Morgan fingerprint density at radius 2 is 2.50 bits per heavy atom. The van der Waals surface area contributed by atoms with E-state index in [4.69, 9.17) is 9.26 Å². The fourth-order valence-electron chi connectivity index (χ4n) is 1.90. The van der Waals surface area contributed by atoms with Gasteiger partial charge in [0, 0.05) is 19.6 Å². The molecule has 1 aliphatic rings. The second-order valence-corrected chi connectivity index (χ2v) is 4.22. The highest BCUT2D eigenvalue weighted by atomic mass is 16.5. The second-order valence-electron chi connectivity index (χ2n) is 4.22. The Balaban J connectivity index is 1.90. The molecule has 100 valence electrons. The lowest BCUT2D eigenvalue weighted by Gasteiger charge is -2.30. The molecule has 1 aromatic rings. The molecule has 1 aliphatic heterocycles. The van der Waals surface area contributed by atoms with Crippen LogP contribution in [0.15, 0.2) is 17.2 Å². The third-order valence-electron chi connectivity index (χ3n) is 2.93. The molecule has 0 spiro atoms. The first-order chi connectivity index (χ1) is 8.83. The van der Waals surface area contributed by atoms with Crippen molar-refractivity contribution in [3.8, 4) is 0 Å². The number of nitrogens with one attached hydrogen (secondary N) is 1. The van der Waals surface area contributed by atoms with Crippen molar-refractivity contribution in [1.29, 1.82) is 0 Å². The van der Waals surface area contributed by atoms with Crippen LogP contribution in [-0.4, -0.2) is 47.8 Å². The molecule has 2 heterocycles. The highest BCUT2D eigenvalue weighted by Gasteiger charge is 2.25. The van der Waals surface area contributed by atoms with Gasteiger partial charge in [0.2, 0.25) is 11.7 Å². The lowest BCUT2D eigenvalue weighted by atomic mass is 10.2. The van der Waals surface area contributed by atoms with Gasteiger partial charge in [0.05, 0.1) is 13.2 Å². The first-order valence-electron chi connectivity index (χ1n) is 6.31. The molecular weight excluding hydrogens is 232 g/mol. The van der Waals surface area contributed by atoms with Crippen LogP contribution in [0.2, 0.25) is 0 Å². The highest BCUT2D eigenvalue weighted by Crippen LogP contribution is 2.19. The Labute approximate surface area is 107 Å². The van der Waals surface area contributed by atoms with Gasteiger partial charge in [-0.15, -0.1) is 6.58 Å². The van der Waals surface area contributed by atoms with Gasteiger partial charge in [-0.3, -0.25) is 4.90 Å². The average Bonchev–Trinajstić information content (AvgIpc) is 2.88. The molecule has 18 heavy (non-hydrogen) atoms. The third-order valence-corrected chi connectivity index (χ3v) is 2.93. The fraction of sp³-hybridized carbons (Fsp3) is 0.667. The van der Waals surface area contributed by atoms with Gasteiger partial charge in [0.15, 0.2) is 0 Å². The Hall–Kier alpha value is -1.24. The summed E-state index contributed by atoms with van der Waals surface area (Å²) in [5, 5.41) is 7.11. The van der Waals surface area contributed by atoms with E-state index >= 15 is 0 Å². The molecule has 0 amide bonds. The van der Waals surface area contributed by atoms with E-state index in [0.29, 0.717) is 18.3 Å². The maximum atomic E-state index is 5.67. The molecule has 1 unspecified atom stereocenters. The first kappa shape index (κ1) is 13.2. The van der Waals surface area contributed by atoms with Gasteiger partial charge < -0.3 is 14.6 Å². The zero-order valence-corrected chi connectivity index (χ0v) is 10.8. The second kappa shape index (κ2) is 6.63. The number of nitrogens with zero attached hydrogens (tertiary/aromatic N) is 3. The van der Waals surface area contributed by atoms with Gasteiger partial charge in [-0.2, -0.15) is 4.98 Å². The molecule has 0 saturated carbocycles. The topological polar surface area (TPSA) is 63.4 Å². The third kappa shape index (κ3) is 3.38. The van der Waals surface area contributed by atoms with E-state index in [1.165, 1.54) is 0 Å². The van der Waals surface area contributed by atoms with E-state index in [9.17, 15) is 0 Å². The molecule has 6 heteroatoms. The van der Waals surface area contributed by atoms with Crippen molar-refractivity contribution in [3.05, 3.63) is 24.4 Å². The predicted molar refractivity (Wildman–Crippen MR) is 67.0 cm³/mol. The van der Waals surface area contributed by atoms with Crippen LogP contribution in [-0.2, 0) is 11.3 Å². The quantitative estimate of drug-likeness (QED) is 0.595. The number of aromatic nitrogens is 2. The maximum Gasteiger partial charge on any atom is 0.240 e. The van der Waals surface area contributed by atoms with E-state index in [2.05, 4.69) is 33.9 Å². The molecular formula is C12H20N4O2. The zero-order chi connectivity index (χ0) is 12.8. The van der Waals surface area contributed by atoms with Crippen LogP contribution in [0.5, 0.6) is 0 Å². The summed E-state index contributed by atoms with van der Waals surface area (Å²) >= 11 is 0. The van der Waals surface area contributed by atoms with Crippen LogP contribution in [0, 0.1) is 0 Å². The Morgan fingerprint density at radius 1 is 1.61 bits per heavy atom. The Bertz CT molecular complexity index is 380. The van der Waals surface area contributed by atoms with Crippen LogP contribution in [0.1, 0.15) is 24.7 Å². The molecule has 1 aromatic heterocycles. The minimum absolute atomic E-state index is 0.0735. The van der Waals surface area contributed by atoms with E-state index < -0.39 is 0 Å². The number of rotatable bonds is 6. The summed E-state index contributed by atoms with van der Waals surface area (Å²) in [6, 6.07) is 0. The monoisotopic (exact) mass is 252 g/mol. The molecule has 1 fully saturated rings. The van der Waals surface area contributed by atoms with Gasteiger partial charge in [0.25, 0.3) is 0 Å². The smallest absolute Gasteiger partial charge is 0.240 e. The first-order valence-corrected chi connectivity index (χ1v) is 6.31. The highest BCUT2D eigenvalue weighted by molar-refractivity contribution is 4.94. The van der Waals surface area contributed by atoms with E-state index in [1.54, 1.807) is 6.08 Å². The predicted octanol–water partition coefficient (Wildman–Crippen LogP) is 0.738. The largest absolute Gasteiger partial charge is 0.367 e. The summed E-state index contributed by atoms with van der Waals surface area (Å²) < 4.78 is 10.8. The molecule has 1 N–H and O–H groups in total. The summed E-state index contributed by atoms with van der Waals surface area (Å²) in [5.41, 5.74) is 0. The number of ether oxygens (including phenoxy) is 1. The van der Waals surface area contributed by atoms with Crippen molar-refractivity contribution in [2.24, 2.45) is 0 Å². The van der Waals surface area contributed by atoms with Crippen LogP contribution in [0.3, 0.4) is 0 Å². The van der Waals surface area contributed by atoms with Crippen LogP contribution in [0.25, 0.3) is 0 Å². The molecule has 0 bridgehead atoms. The van der Waals surface area contributed by atoms with Crippen molar-refractivity contribution in [2.75, 3.05) is 32.8 Å². The summed E-state index contributed by atoms with van der Waals surface area (Å²) in [7, 11) is 0. The zero-order valence-electron chi connectivity index (χ0n) is 10.8. The van der Waals surface area contributed by atoms with Crippen molar-refractivity contribution >= 4 is 0 Å². The molecule has 0 aliphatic carbocycles. The lowest BCUT2D eigenvalue weighted by Crippen LogP contribution is -2.38. The normalized spacial score (nSPS) is 21.1. The summed E-state index contributed by atoms with van der Waals surface area (Å²) in [5.74, 6) is 1.23. The Kier molecular flexibility index (Phi) is 4.86. The lowest BCUT2D eigenvalue weighted by molar-refractivity contribution is -0.0334. The minimum atomic E-state index is -0.0735. The molecule has 0 radical (unpaired) electrons. The molecule has 6 nitrogen and oxygen atoms in total. The van der Waals surface area contributed by atoms with E-state index in [-0.39, 0.29) is 6.10 Å². The summed E-state index contributed by atoms with van der Waals surface area (Å²) in [6.07, 6.45) is 1.72. The van der Waals surface area contributed by atoms with Gasteiger partial charge in [0.1, 0.15) is 6.10 Å². The molecule has 0 aromatic carbocycles. The average molecular weight is 252 g/mol. The van der Waals surface area contributed by atoms with Gasteiger partial charge >= 0.3 is 0 Å². The fourth-order valence-corrected chi connectivity index (χ4v) is 1.90. The van der Waals surface area contributed by atoms with E-state index in [0.717, 1.165) is 32.8 Å². The standard InChI is InChI=1S/C12H20N4O2/c1-3-5-13-8-11-14-12(15-18-11)10-9-16(4-2)6-7-17-10/h3,10,13H,1,4-9H2,2H3. The molecule has 1 saturated heterocycles. The summed E-state index contributed by atoms with van der Waals surface area (Å²) in [6.45, 7) is 10.6. The number of hydrogen-bond acceptors (Lipinski definition) is 6. The molecule has 2 rings (SSSR count). The van der Waals surface area contributed by atoms with E-state index in [1.807, 2.05) is 0 Å². The molecule has 1 atom stereocenters. The number of hydrogen-bond donors (Lipinski definition) is 1. The Morgan fingerprint density at radius 3 is 3.28 bits per heavy atom. The number of morpholine rings is 1. The van der Waals surface area contributed by atoms with Crippen LogP contribution < -0.4 is 5.32 Å². The van der Waals surface area contributed by atoms with Crippen molar-refractivity contribution in [3.63, 3.8) is 0 Å².